The van der Waals surface area contributed by atoms with Gasteiger partial charge in [-0.15, -0.1) is 0 Å². The third-order valence-electron chi connectivity index (χ3n) is 9.40. The second-order valence-corrected chi connectivity index (χ2v) is 11.7. The second kappa shape index (κ2) is 8.04. The fourth-order valence-corrected chi connectivity index (χ4v) is 7.63. The Morgan fingerprint density at radius 3 is 2.66 bits per heavy atom. The molecule has 1 spiro atoms. The number of rotatable bonds is 5. The maximum atomic E-state index is 14.0. The Morgan fingerprint density at radius 1 is 1.16 bits per heavy atom. The van der Waals surface area contributed by atoms with Gasteiger partial charge in [-0.25, -0.2) is 0 Å². The van der Waals surface area contributed by atoms with Crippen molar-refractivity contribution < 1.29 is 29.3 Å². The van der Waals surface area contributed by atoms with Crippen LogP contribution in [0.4, 0.5) is 11.4 Å². The number of hydrogen-bond acceptors (Lipinski definition) is 7. The summed E-state index contributed by atoms with van der Waals surface area (Å²) in [4.78, 5) is 41.4. The van der Waals surface area contributed by atoms with Crippen LogP contribution in [0.25, 0.3) is 0 Å². The first kappa shape index (κ1) is 23.7. The molecule has 9 nitrogen and oxygen atoms in total. The molecule has 2 heterocycles. The molecular weight excluding hydrogens is 486 g/mol. The Bertz CT molecular complexity index is 1390. The quantitative estimate of drug-likeness (QED) is 0.448. The number of benzene rings is 2. The summed E-state index contributed by atoms with van der Waals surface area (Å²) in [6, 6.07) is 9.96. The number of Topliss-reactive ketones (excluding diaryl/α,β-unsaturated/α-hetero) is 1. The third kappa shape index (κ3) is 3.21. The van der Waals surface area contributed by atoms with Gasteiger partial charge in [-0.2, -0.15) is 0 Å². The highest BCUT2D eigenvalue weighted by molar-refractivity contribution is 6.11. The van der Waals surface area contributed by atoms with Crippen molar-refractivity contribution in [2.45, 2.75) is 62.2 Å². The van der Waals surface area contributed by atoms with Gasteiger partial charge in [0.1, 0.15) is 5.92 Å². The van der Waals surface area contributed by atoms with Crippen molar-refractivity contribution >= 4 is 29.0 Å². The van der Waals surface area contributed by atoms with E-state index in [4.69, 9.17) is 4.74 Å². The summed E-state index contributed by atoms with van der Waals surface area (Å²) in [6.45, 7) is 3.03. The predicted molar refractivity (Wildman–Crippen MR) is 138 cm³/mol. The van der Waals surface area contributed by atoms with E-state index >= 15 is 0 Å². The van der Waals surface area contributed by atoms with Crippen LogP contribution in [0.1, 0.15) is 43.7 Å². The van der Waals surface area contributed by atoms with E-state index in [0.717, 1.165) is 24.2 Å². The normalized spacial score (nSPS) is 32.8. The van der Waals surface area contributed by atoms with Crippen LogP contribution in [0, 0.1) is 11.8 Å². The van der Waals surface area contributed by atoms with Crippen LogP contribution in [0.2, 0.25) is 0 Å². The van der Waals surface area contributed by atoms with E-state index < -0.39 is 28.9 Å². The Morgan fingerprint density at radius 2 is 1.92 bits per heavy atom. The van der Waals surface area contributed by atoms with Crippen molar-refractivity contribution in [3.8, 4) is 11.5 Å². The minimum atomic E-state index is -1.37. The summed E-state index contributed by atoms with van der Waals surface area (Å²) < 4.78 is 6.20. The smallest absolute Gasteiger partial charge is 0.235 e. The lowest BCUT2D eigenvalue weighted by molar-refractivity contribution is -0.197. The first-order valence-corrected chi connectivity index (χ1v) is 13.4. The topological polar surface area (TPSA) is 128 Å². The molecule has 3 fully saturated rings. The number of carbonyl (C=O) groups excluding carboxylic acids is 3. The molecule has 2 bridgehead atoms. The van der Waals surface area contributed by atoms with Crippen molar-refractivity contribution in [2.75, 3.05) is 23.7 Å². The molecule has 2 aromatic carbocycles. The van der Waals surface area contributed by atoms with Gasteiger partial charge in [0, 0.05) is 36.4 Å². The fraction of sp³-hybridized carbons (Fsp3) is 0.483. The number of piperidine rings is 1. The van der Waals surface area contributed by atoms with Crippen LogP contribution in [-0.4, -0.2) is 63.5 Å². The molecule has 1 saturated heterocycles. The number of amides is 2. The van der Waals surface area contributed by atoms with Crippen LogP contribution >= 0.6 is 0 Å². The van der Waals surface area contributed by atoms with Gasteiger partial charge in [-0.3, -0.25) is 19.3 Å². The Kier molecular flexibility index (Phi) is 5.01. The van der Waals surface area contributed by atoms with Gasteiger partial charge in [0.2, 0.25) is 11.8 Å². The molecule has 5 aliphatic rings. The van der Waals surface area contributed by atoms with Crippen LogP contribution < -0.4 is 15.4 Å². The molecule has 4 N–H and O–H groups in total. The number of aromatic hydroxyl groups is 1. The largest absolute Gasteiger partial charge is 0.504 e. The minimum Gasteiger partial charge on any atom is -0.504 e. The van der Waals surface area contributed by atoms with Crippen LogP contribution in [-0.2, 0) is 26.2 Å². The maximum absolute atomic E-state index is 14.0. The molecule has 1 unspecified atom stereocenters. The van der Waals surface area contributed by atoms with Crippen LogP contribution in [0.15, 0.2) is 36.4 Å². The molecule has 0 aromatic heterocycles. The van der Waals surface area contributed by atoms with Crippen LogP contribution in [0.5, 0.6) is 11.5 Å². The number of hydrogen-bond donors (Lipinski definition) is 4. The molecular formula is C29H31N3O6. The lowest BCUT2D eigenvalue weighted by Crippen LogP contribution is -2.78. The molecule has 38 heavy (non-hydrogen) atoms. The predicted octanol–water partition coefficient (Wildman–Crippen LogP) is 2.35. The zero-order valence-electron chi connectivity index (χ0n) is 21.2. The summed E-state index contributed by atoms with van der Waals surface area (Å²) in [5, 5.41) is 28.9. The molecule has 5 atom stereocenters. The number of phenols is 1. The first-order valence-electron chi connectivity index (χ1n) is 13.4. The van der Waals surface area contributed by atoms with Gasteiger partial charge < -0.3 is 25.6 Å². The average molecular weight is 518 g/mol. The number of phenolic OH excluding ortho intramolecular Hbond substituents is 1. The minimum absolute atomic E-state index is 0.0106. The van der Waals surface area contributed by atoms with Gasteiger partial charge in [-0.05, 0) is 74.4 Å². The van der Waals surface area contributed by atoms with E-state index in [9.17, 15) is 24.6 Å². The van der Waals surface area contributed by atoms with E-state index in [0.29, 0.717) is 30.1 Å². The van der Waals surface area contributed by atoms with E-state index in [1.807, 2.05) is 6.07 Å². The Hall–Kier alpha value is -3.43. The highest BCUT2D eigenvalue weighted by Crippen LogP contribution is 2.65. The van der Waals surface area contributed by atoms with E-state index in [2.05, 4.69) is 15.5 Å². The lowest BCUT2D eigenvalue weighted by Gasteiger charge is -2.63. The van der Waals surface area contributed by atoms with Gasteiger partial charge in [0.25, 0.3) is 0 Å². The lowest BCUT2D eigenvalue weighted by atomic mass is 9.47. The van der Waals surface area contributed by atoms with Gasteiger partial charge >= 0.3 is 0 Å². The van der Waals surface area contributed by atoms with Crippen LogP contribution in [0.3, 0.4) is 0 Å². The number of likely N-dealkylation sites (tertiary alicyclic amines) is 1. The molecule has 0 radical (unpaired) electrons. The summed E-state index contributed by atoms with van der Waals surface area (Å²) in [5.41, 5.74) is 0.362. The SMILES string of the molecule is CC(=O)Nc1cccc(NC(=O)C2C[C@@]3(O)[C@H]4Cc5ccc(O)c6c5[C@@]3(CCN4CC3CC3)[C@@H](O6)C2=O)c1. The number of nitrogens with zero attached hydrogens (tertiary/aromatic N) is 1. The van der Waals surface area contributed by atoms with Gasteiger partial charge in [0.05, 0.1) is 11.0 Å². The number of ketones is 1. The van der Waals surface area contributed by atoms with E-state index in [-0.39, 0.29) is 35.7 Å². The van der Waals surface area contributed by atoms with Gasteiger partial charge in [-0.1, -0.05) is 12.1 Å². The maximum Gasteiger partial charge on any atom is 0.235 e. The average Bonchev–Trinajstić information content (AvgIpc) is 3.60. The van der Waals surface area contributed by atoms with Crippen molar-refractivity contribution in [1.29, 1.82) is 0 Å². The van der Waals surface area contributed by atoms with Crippen molar-refractivity contribution in [3.63, 3.8) is 0 Å². The fourth-order valence-electron chi connectivity index (χ4n) is 7.63. The molecule has 3 aliphatic carbocycles. The highest BCUT2D eigenvalue weighted by atomic mass is 16.5. The molecule has 2 aliphatic heterocycles. The number of nitrogens with one attached hydrogen (secondary N) is 2. The number of anilines is 2. The number of aliphatic hydroxyl groups is 1. The molecule has 2 amide bonds. The first-order chi connectivity index (χ1) is 18.2. The zero-order valence-corrected chi connectivity index (χ0v) is 21.2. The summed E-state index contributed by atoms with van der Waals surface area (Å²) >= 11 is 0. The molecule has 2 saturated carbocycles. The zero-order chi connectivity index (χ0) is 26.4. The third-order valence-corrected chi connectivity index (χ3v) is 9.40. The van der Waals surface area contributed by atoms with E-state index in [1.165, 1.54) is 19.8 Å². The van der Waals surface area contributed by atoms with Gasteiger partial charge in [0.15, 0.2) is 23.4 Å². The molecule has 9 heteroatoms. The summed E-state index contributed by atoms with van der Waals surface area (Å²) in [6.07, 6.45) is 2.42. The molecule has 198 valence electrons. The standard InChI is InChI=1S/C29H31N3O6/c1-15(33)30-18-3-2-4-19(12-18)31-27(36)20-13-29(37)22-11-17-7-8-21(34)25-23(17)28(29,26(38-25)24(20)35)9-10-32(22)14-16-5-6-16/h2-4,7-8,12,16,20,22,26,34,37H,5-6,9-11,13-14H2,1H3,(H,30,33)(H,31,36)/t20?,22-,26+,28+,29-/m1/s1. The van der Waals surface area contributed by atoms with Crippen molar-refractivity contribution in [1.82, 2.24) is 4.90 Å². The highest BCUT2D eigenvalue weighted by Gasteiger charge is 2.75. The summed E-state index contributed by atoms with van der Waals surface area (Å²) in [7, 11) is 0. The molecule has 2 aromatic rings. The number of ether oxygens (including phenoxy) is 1. The van der Waals surface area contributed by atoms with E-state index in [1.54, 1.807) is 30.3 Å². The molecule has 7 rings (SSSR count). The number of carbonyl (C=O) groups is 3. The second-order valence-electron chi connectivity index (χ2n) is 11.7. The van der Waals surface area contributed by atoms with Crippen molar-refractivity contribution in [3.05, 3.63) is 47.5 Å². The van der Waals surface area contributed by atoms with Crippen molar-refractivity contribution in [2.24, 2.45) is 11.8 Å². The Labute approximate surface area is 220 Å². The summed E-state index contributed by atoms with van der Waals surface area (Å²) in [5.74, 6) is -1.38. The Balaban J connectivity index is 1.27. The monoisotopic (exact) mass is 517 g/mol.